The van der Waals surface area contributed by atoms with Crippen molar-refractivity contribution in [1.29, 1.82) is 0 Å². The summed E-state index contributed by atoms with van der Waals surface area (Å²) in [5.41, 5.74) is 2.12. The SMILES string of the molecule is CNc1cc(CN(C)C(C)=O)nc([C@H]2CCCN2Cc2cccc(OC3CCCC3)c2)n1. The molecule has 7 nitrogen and oxygen atoms in total. The van der Waals surface area contributed by atoms with E-state index in [4.69, 9.17) is 14.7 Å². The third-order valence-corrected chi connectivity index (χ3v) is 6.54. The number of rotatable bonds is 8. The van der Waals surface area contributed by atoms with Gasteiger partial charge in [-0.1, -0.05) is 12.1 Å². The quantitative estimate of drug-likeness (QED) is 0.669. The van der Waals surface area contributed by atoms with Gasteiger partial charge in [-0.2, -0.15) is 0 Å². The van der Waals surface area contributed by atoms with Gasteiger partial charge in [-0.25, -0.2) is 9.97 Å². The Morgan fingerprint density at radius 3 is 2.75 bits per heavy atom. The molecule has 2 fully saturated rings. The zero-order valence-corrected chi connectivity index (χ0v) is 19.5. The van der Waals surface area contributed by atoms with E-state index in [-0.39, 0.29) is 11.9 Å². The van der Waals surface area contributed by atoms with Gasteiger partial charge < -0.3 is 15.0 Å². The van der Waals surface area contributed by atoms with E-state index in [0.29, 0.717) is 12.6 Å². The molecule has 32 heavy (non-hydrogen) atoms. The molecule has 2 aromatic rings. The highest BCUT2D eigenvalue weighted by molar-refractivity contribution is 5.72. The summed E-state index contributed by atoms with van der Waals surface area (Å²) < 4.78 is 6.21. The van der Waals surface area contributed by atoms with Gasteiger partial charge in [0.1, 0.15) is 17.4 Å². The van der Waals surface area contributed by atoms with Gasteiger partial charge in [0.15, 0.2) is 0 Å². The predicted octanol–water partition coefficient (Wildman–Crippen LogP) is 4.16. The van der Waals surface area contributed by atoms with E-state index >= 15 is 0 Å². The van der Waals surface area contributed by atoms with Gasteiger partial charge in [-0.3, -0.25) is 9.69 Å². The molecule has 2 aliphatic rings. The van der Waals surface area contributed by atoms with Gasteiger partial charge in [-0.15, -0.1) is 0 Å². The number of nitrogens with zero attached hydrogens (tertiary/aromatic N) is 4. The standard InChI is InChI=1S/C25H35N5O2/c1-18(31)29(3)17-20-15-24(26-2)28-25(27-20)23-12-7-13-30(23)16-19-8-6-11-22(14-19)32-21-9-4-5-10-21/h6,8,11,14-15,21,23H,4-5,7,9-10,12-13,16-17H2,1-3H3,(H,26,27,28)/t23-/m1/s1. The van der Waals surface area contributed by atoms with E-state index in [0.717, 1.165) is 49.0 Å². The fourth-order valence-electron chi connectivity index (χ4n) is 4.69. The molecule has 172 valence electrons. The third-order valence-electron chi connectivity index (χ3n) is 6.54. The number of hydrogen-bond acceptors (Lipinski definition) is 6. The highest BCUT2D eigenvalue weighted by Crippen LogP contribution is 2.33. The minimum absolute atomic E-state index is 0.0263. The van der Waals surface area contributed by atoms with Gasteiger partial charge >= 0.3 is 0 Å². The average molecular weight is 438 g/mol. The molecule has 1 atom stereocenters. The number of aromatic nitrogens is 2. The van der Waals surface area contributed by atoms with Crippen LogP contribution in [0.15, 0.2) is 30.3 Å². The molecule has 1 amide bonds. The largest absolute Gasteiger partial charge is 0.490 e. The Bertz CT molecular complexity index is 928. The van der Waals surface area contributed by atoms with E-state index in [9.17, 15) is 4.79 Å². The normalized spacial score (nSPS) is 19.3. The topological polar surface area (TPSA) is 70.6 Å². The van der Waals surface area contributed by atoms with Gasteiger partial charge in [0.25, 0.3) is 0 Å². The molecule has 1 aliphatic carbocycles. The van der Waals surface area contributed by atoms with Crippen LogP contribution in [0.4, 0.5) is 5.82 Å². The van der Waals surface area contributed by atoms with Crippen LogP contribution in [0.1, 0.15) is 68.6 Å². The first-order valence-corrected chi connectivity index (χ1v) is 11.8. The molecule has 1 aromatic heterocycles. The summed E-state index contributed by atoms with van der Waals surface area (Å²) in [5, 5.41) is 3.15. The van der Waals surface area contributed by atoms with Crippen LogP contribution in [0.25, 0.3) is 0 Å². The van der Waals surface area contributed by atoms with Crippen molar-refractivity contribution in [2.24, 2.45) is 0 Å². The second kappa shape index (κ2) is 10.3. The summed E-state index contributed by atoms with van der Waals surface area (Å²) in [6.07, 6.45) is 7.41. The smallest absolute Gasteiger partial charge is 0.219 e. The van der Waals surface area contributed by atoms with Crippen LogP contribution in [0, 0.1) is 0 Å². The first-order chi connectivity index (χ1) is 15.5. The molecular weight excluding hydrogens is 402 g/mol. The van der Waals surface area contributed by atoms with Gasteiger partial charge in [0.05, 0.1) is 24.4 Å². The summed E-state index contributed by atoms with van der Waals surface area (Å²) in [7, 11) is 3.67. The molecule has 2 heterocycles. The number of carbonyl (C=O) groups is 1. The lowest BCUT2D eigenvalue weighted by atomic mass is 10.1. The van der Waals surface area contributed by atoms with Crippen LogP contribution in [0.5, 0.6) is 5.75 Å². The number of anilines is 1. The van der Waals surface area contributed by atoms with Crippen molar-refractivity contribution in [2.75, 3.05) is 26.0 Å². The summed E-state index contributed by atoms with van der Waals surface area (Å²) in [6, 6.07) is 10.6. The van der Waals surface area contributed by atoms with Crippen molar-refractivity contribution >= 4 is 11.7 Å². The lowest BCUT2D eigenvalue weighted by Crippen LogP contribution is -2.27. The van der Waals surface area contributed by atoms with Crippen molar-refractivity contribution < 1.29 is 9.53 Å². The van der Waals surface area contributed by atoms with Crippen molar-refractivity contribution in [2.45, 2.75) is 70.7 Å². The second-order valence-corrected chi connectivity index (χ2v) is 9.03. The number of ether oxygens (including phenoxy) is 1. The first-order valence-electron chi connectivity index (χ1n) is 11.8. The average Bonchev–Trinajstić information content (AvgIpc) is 3.46. The number of likely N-dealkylation sites (tertiary alicyclic amines) is 1. The van der Waals surface area contributed by atoms with E-state index in [2.05, 4.69) is 34.5 Å². The third kappa shape index (κ3) is 5.57. The van der Waals surface area contributed by atoms with Crippen molar-refractivity contribution in [3.63, 3.8) is 0 Å². The zero-order valence-electron chi connectivity index (χ0n) is 19.5. The molecule has 4 rings (SSSR count). The zero-order chi connectivity index (χ0) is 22.5. The molecule has 1 aromatic carbocycles. The summed E-state index contributed by atoms with van der Waals surface area (Å²) in [6.45, 7) is 3.92. The van der Waals surface area contributed by atoms with Crippen molar-refractivity contribution in [3.05, 3.63) is 47.4 Å². The molecule has 0 unspecified atom stereocenters. The molecule has 1 saturated carbocycles. The lowest BCUT2D eigenvalue weighted by Gasteiger charge is -2.25. The molecular formula is C25H35N5O2. The number of amides is 1. The first kappa shape index (κ1) is 22.5. The number of nitrogens with one attached hydrogen (secondary N) is 1. The summed E-state index contributed by atoms with van der Waals surface area (Å²) >= 11 is 0. The van der Waals surface area contributed by atoms with Crippen LogP contribution in [-0.2, 0) is 17.9 Å². The van der Waals surface area contributed by atoms with E-state index in [1.807, 2.05) is 13.1 Å². The van der Waals surface area contributed by atoms with Crippen LogP contribution < -0.4 is 10.1 Å². The lowest BCUT2D eigenvalue weighted by molar-refractivity contribution is -0.128. The van der Waals surface area contributed by atoms with Crippen LogP contribution in [0.3, 0.4) is 0 Å². The van der Waals surface area contributed by atoms with Crippen molar-refractivity contribution in [1.82, 2.24) is 19.8 Å². The summed E-state index contributed by atoms with van der Waals surface area (Å²) in [5.74, 6) is 2.63. The molecule has 0 radical (unpaired) electrons. The number of carbonyl (C=O) groups excluding carboxylic acids is 1. The fourth-order valence-corrected chi connectivity index (χ4v) is 4.69. The number of benzene rings is 1. The molecule has 0 bridgehead atoms. The van der Waals surface area contributed by atoms with E-state index in [1.54, 1.807) is 18.9 Å². The van der Waals surface area contributed by atoms with E-state index < -0.39 is 0 Å². The fraction of sp³-hybridized carbons (Fsp3) is 0.560. The van der Waals surface area contributed by atoms with Gasteiger partial charge in [0, 0.05) is 33.6 Å². The molecule has 1 N–H and O–H groups in total. The monoisotopic (exact) mass is 437 g/mol. The highest BCUT2D eigenvalue weighted by Gasteiger charge is 2.29. The molecule has 0 spiro atoms. The maximum atomic E-state index is 11.7. The molecule has 7 heteroatoms. The Balaban J connectivity index is 1.49. The Morgan fingerprint density at radius 1 is 1.19 bits per heavy atom. The minimum atomic E-state index is 0.0263. The number of hydrogen-bond donors (Lipinski definition) is 1. The summed E-state index contributed by atoms with van der Waals surface area (Å²) in [4.78, 5) is 25.4. The van der Waals surface area contributed by atoms with Gasteiger partial charge in [-0.05, 0) is 62.8 Å². The van der Waals surface area contributed by atoms with Crippen LogP contribution in [0.2, 0.25) is 0 Å². The molecule has 1 aliphatic heterocycles. The van der Waals surface area contributed by atoms with E-state index in [1.165, 1.54) is 31.2 Å². The second-order valence-electron chi connectivity index (χ2n) is 9.03. The molecule has 1 saturated heterocycles. The minimum Gasteiger partial charge on any atom is -0.490 e. The van der Waals surface area contributed by atoms with Crippen LogP contribution in [-0.4, -0.2) is 52.4 Å². The van der Waals surface area contributed by atoms with Crippen LogP contribution >= 0.6 is 0 Å². The Hall–Kier alpha value is -2.67. The van der Waals surface area contributed by atoms with Gasteiger partial charge in [0.2, 0.25) is 5.91 Å². The van der Waals surface area contributed by atoms with Crippen molar-refractivity contribution in [3.8, 4) is 5.75 Å². The Labute approximate surface area is 191 Å². The predicted molar refractivity (Wildman–Crippen MR) is 125 cm³/mol. The maximum absolute atomic E-state index is 11.7. The highest BCUT2D eigenvalue weighted by atomic mass is 16.5. The Morgan fingerprint density at radius 2 is 2.00 bits per heavy atom. The maximum Gasteiger partial charge on any atom is 0.219 e. The Kier molecular flexibility index (Phi) is 7.25.